The lowest BCUT2D eigenvalue weighted by atomic mass is 10.0. The van der Waals surface area contributed by atoms with Gasteiger partial charge >= 0.3 is 5.66 Å². The summed E-state index contributed by atoms with van der Waals surface area (Å²) in [6, 6.07) is 17.6. The molecule has 1 N–H and O–H groups in total. The predicted octanol–water partition coefficient (Wildman–Crippen LogP) is 4.65. The van der Waals surface area contributed by atoms with Crippen molar-refractivity contribution in [1.29, 1.82) is 0 Å². The van der Waals surface area contributed by atoms with Crippen molar-refractivity contribution in [2.45, 2.75) is 12.6 Å². The van der Waals surface area contributed by atoms with Crippen LogP contribution in [0.25, 0.3) is 4.85 Å². The lowest BCUT2D eigenvalue weighted by Gasteiger charge is -2.20. The zero-order valence-electron chi connectivity index (χ0n) is 10.0. The third-order valence-corrected chi connectivity index (χ3v) is 3.32. The summed E-state index contributed by atoms with van der Waals surface area (Å²) in [6.07, 6.45) is 0. The second-order valence-corrected chi connectivity index (χ2v) is 5.10. The number of halogens is 1. The third-order valence-electron chi connectivity index (χ3n) is 2.79. The van der Waals surface area contributed by atoms with E-state index in [0.717, 1.165) is 15.7 Å². The smallest absolute Gasteiger partial charge is 0.311 e. The van der Waals surface area contributed by atoms with Gasteiger partial charge in [0.05, 0.1) is 5.56 Å². The molecule has 1 unspecified atom stereocenters. The van der Waals surface area contributed by atoms with Crippen LogP contribution in [0.4, 0.5) is 5.69 Å². The molecule has 0 saturated heterocycles. The van der Waals surface area contributed by atoms with Gasteiger partial charge in [0, 0.05) is 17.1 Å². The van der Waals surface area contributed by atoms with Gasteiger partial charge in [-0.2, -0.15) is 0 Å². The Morgan fingerprint density at radius 3 is 2.22 bits per heavy atom. The summed E-state index contributed by atoms with van der Waals surface area (Å²) in [5, 5.41) is 3.27. The largest absolute Gasteiger partial charge is 0.328 e. The number of nitrogens with zero attached hydrogens (tertiary/aromatic N) is 1. The quantitative estimate of drug-likeness (QED) is 0.816. The molecule has 2 nitrogen and oxygen atoms in total. The summed E-state index contributed by atoms with van der Waals surface area (Å²) in [5.41, 5.74) is 1.14. The molecule has 0 saturated carbocycles. The number of hydrogen-bond acceptors (Lipinski definition) is 1. The zero-order valence-corrected chi connectivity index (χ0v) is 11.6. The molecule has 3 heteroatoms. The number of anilines is 1. The molecule has 0 heterocycles. The van der Waals surface area contributed by atoms with Crippen molar-refractivity contribution in [3.63, 3.8) is 0 Å². The molecule has 18 heavy (non-hydrogen) atoms. The monoisotopic (exact) mass is 300 g/mol. The summed E-state index contributed by atoms with van der Waals surface area (Å²) < 4.78 is 1.01. The van der Waals surface area contributed by atoms with Crippen LogP contribution in [0.5, 0.6) is 0 Å². The summed E-state index contributed by atoms with van der Waals surface area (Å²) in [4.78, 5) is 3.74. The number of hydrogen-bond donors (Lipinski definition) is 1. The number of nitrogens with one attached hydrogen (secondary N) is 1. The molecule has 2 aromatic rings. The van der Waals surface area contributed by atoms with Crippen LogP contribution >= 0.6 is 15.9 Å². The van der Waals surface area contributed by atoms with Gasteiger partial charge in [0.2, 0.25) is 0 Å². The van der Waals surface area contributed by atoms with Crippen LogP contribution in [-0.4, -0.2) is 0 Å². The van der Waals surface area contributed by atoms with Gasteiger partial charge in [0.15, 0.2) is 0 Å². The van der Waals surface area contributed by atoms with Gasteiger partial charge in [-0.05, 0) is 36.4 Å². The van der Waals surface area contributed by atoms with E-state index in [1.165, 1.54) is 0 Å². The molecule has 2 aromatic carbocycles. The predicted molar refractivity (Wildman–Crippen MR) is 78.2 cm³/mol. The molecular formula is C15H13BrN2. The Morgan fingerprint density at radius 1 is 1.06 bits per heavy atom. The zero-order chi connectivity index (χ0) is 13.0. The van der Waals surface area contributed by atoms with E-state index in [0.29, 0.717) is 0 Å². The van der Waals surface area contributed by atoms with Crippen LogP contribution in [0.3, 0.4) is 0 Å². The molecule has 1 atom stereocenters. The first-order valence-corrected chi connectivity index (χ1v) is 6.41. The minimum absolute atomic E-state index is 0.748. The highest BCUT2D eigenvalue weighted by Crippen LogP contribution is 2.28. The van der Waals surface area contributed by atoms with Crippen LogP contribution in [0.2, 0.25) is 0 Å². The highest BCUT2D eigenvalue weighted by Gasteiger charge is 2.32. The second kappa shape index (κ2) is 5.24. The van der Waals surface area contributed by atoms with Crippen LogP contribution in [0.1, 0.15) is 12.5 Å². The van der Waals surface area contributed by atoms with Crippen molar-refractivity contribution in [2.75, 3.05) is 5.32 Å². The summed E-state index contributed by atoms with van der Waals surface area (Å²) >= 11 is 3.40. The fourth-order valence-corrected chi connectivity index (χ4v) is 2.01. The molecule has 0 aliphatic rings. The van der Waals surface area contributed by atoms with Gasteiger partial charge in [-0.3, -0.25) is 4.85 Å². The van der Waals surface area contributed by atoms with Crippen molar-refractivity contribution in [1.82, 2.24) is 0 Å². The Kier molecular flexibility index (Phi) is 3.69. The lowest BCUT2D eigenvalue weighted by Crippen LogP contribution is -2.27. The Morgan fingerprint density at radius 2 is 1.67 bits per heavy atom. The normalized spacial score (nSPS) is 13.4. The first-order valence-electron chi connectivity index (χ1n) is 5.62. The third kappa shape index (κ3) is 2.72. The lowest BCUT2D eigenvalue weighted by molar-refractivity contribution is 0.684. The molecular weight excluding hydrogens is 288 g/mol. The minimum atomic E-state index is -0.748. The fourth-order valence-electron chi connectivity index (χ4n) is 1.74. The average Bonchev–Trinajstić information content (AvgIpc) is 2.40. The molecule has 90 valence electrons. The van der Waals surface area contributed by atoms with E-state index in [4.69, 9.17) is 6.57 Å². The van der Waals surface area contributed by atoms with Gasteiger partial charge in [0.1, 0.15) is 0 Å². The van der Waals surface area contributed by atoms with E-state index in [1.807, 2.05) is 61.5 Å². The van der Waals surface area contributed by atoms with E-state index in [1.54, 1.807) is 0 Å². The molecule has 0 radical (unpaired) electrons. The number of benzene rings is 2. The Hall–Kier alpha value is -1.79. The van der Waals surface area contributed by atoms with Crippen LogP contribution in [0.15, 0.2) is 59.1 Å². The maximum absolute atomic E-state index is 7.45. The maximum atomic E-state index is 7.45. The standard InChI is InChI=1S/C15H13BrN2/c1-15(17-2,12-8-10-13(16)11-9-12)18-14-6-4-3-5-7-14/h3-11,18H,1H3. The molecule has 0 spiro atoms. The van der Waals surface area contributed by atoms with Crippen molar-refractivity contribution < 1.29 is 0 Å². The molecule has 0 aliphatic carbocycles. The van der Waals surface area contributed by atoms with E-state index >= 15 is 0 Å². The topological polar surface area (TPSA) is 16.4 Å². The highest BCUT2D eigenvalue weighted by molar-refractivity contribution is 9.10. The Balaban J connectivity index is 2.32. The van der Waals surface area contributed by atoms with Gasteiger partial charge < -0.3 is 5.32 Å². The number of rotatable bonds is 3. The van der Waals surface area contributed by atoms with Gasteiger partial charge in [-0.25, -0.2) is 6.57 Å². The van der Waals surface area contributed by atoms with Crippen molar-refractivity contribution in [3.05, 3.63) is 76.1 Å². The molecule has 2 rings (SSSR count). The SMILES string of the molecule is [C-]#[N+]C(C)(Nc1ccccc1)c1ccc(Br)cc1. The van der Waals surface area contributed by atoms with Crippen LogP contribution in [0, 0.1) is 6.57 Å². The fraction of sp³-hybridized carbons (Fsp3) is 0.133. The van der Waals surface area contributed by atoms with Gasteiger partial charge in [-0.15, -0.1) is 0 Å². The van der Waals surface area contributed by atoms with Crippen molar-refractivity contribution >= 4 is 21.6 Å². The minimum Gasteiger partial charge on any atom is -0.311 e. The molecule has 0 amide bonds. The summed E-state index contributed by atoms with van der Waals surface area (Å²) in [7, 11) is 0. The molecule has 0 fully saturated rings. The van der Waals surface area contributed by atoms with E-state index in [9.17, 15) is 0 Å². The summed E-state index contributed by atoms with van der Waals surface area (Å²) in [6.45, 7) is 9.33. The summed E-state index contributed by atoms with van der Waals surface area (Å²) in [5.74, 6) is 0. The van der Waals surface area contributed by atoms with E-state index in [-0.39, 0.29) is 0 Å². The maximum Gasteiger partial charge on any atom is 0.328 e. The second-order valence-electron chi connectivity index (χ2n) is 4.18. The molecule has 0 aromatic heterocycles. The van der Waals surface area contributed by atoms with Gasteiger partial charge in [-0.1, -0.05) is 34.1 Å². The number of para-hydroxylation sites is 1. The average molecular weight is 301 g/mol. The Bertz CT molecular complexity index is 557. The van der Waals surface area contributed by atoms with Crippen molar-refractivity contribution in [2.24, 2.45) is 0 Å². The Labute approximate surface area is 116 Å². The van der Waals surface area contributed by atoms with Gasteiger partial charge in [0.25, 0.3) is 0 Å². The molecule has 0 bridgehead atoms. The van der Waals surface area contributed by atoms with Crippen molar-refractivity contribution in [3.8, 4) is 0 Å². The molecule has 0 aliphatic heterocycles. The first-order chi connectivity index (χ1) is 8.64. The van der Waals surface area contributed by atoms with Crippen LogP contribution in [-0.2, 0) is 5.66 Å². The van der Waals surface area contributed by atoms with E-state index in [2.05, 4.69) is 26.1 Å². The van der Waals surface area contributed by atoms with Crippen LogP contribution < -0.4 is 5.32 Å². The first kappa shape index (κ1) is 12.7. The highest BCUT2D eigenvalue weighted by atomic mass is 79.9. The van der Waals surface area contributed by atoms with E-state index < -0.39 is 5.66 Å².